The fraction of sp³-hybridized carbons (Fsp3) is 0.361. The highest BCUT2D eigenvalue weighted by molar-refractivity contribution is 6.17. The number of carbonyl (C=O) groups excluding carboxylic acids is 2. The lowest BCUT2D eigenvalue weighted by Crippen LogP contribution is -2.43. The molecular formula is C36H40F2N4O5. The lowest BCUT2D eigenvalue weighted by molar-refractivity contribution is -0.134. The molecule has 0 saturated heterocycles. The summed E-state index contributed by atoms with van der Waals surface area (Å²) in [5.41, 5.74) is 5.22. The zero-order valence-electron chi connectivity index (χ0n) is 27.3. The zero-order chi connectivity index (χ0) is 33.9. The molecule has 0 radical (unpaired) electrons. The normalized spacial score (nSPS) is 18.6. The molecule has 0 unspecified atom stereocenters. The van der Waals surface area contributed by atoms with Gasteiger partial charge < -0.3 is 24.8 Å². The van der Waals surface area contributed by atoms with Crippen LogP contribution in [0, 0.1) is 28.9 Å². The van der Waals surface area contributed by atoms with E-state index in [1.807, 2.05) is 0 Å². The topological polar surface area (TPSA) is 107 Å². The summed E-state index contributed by atoms with van der Waals surface area (Å²) < 4.78 is 47.2. The molecule has 0 spiro atoms. The number of nitrogens with two attached hydrogens (primary N) is 1. The minimum Gasteiger partial charge on any atom is -0.493 e. The van der Waals surface area contributed by atoms with Gasteiger partial charge in [-0.15, -0.1) is 0 Å². The number of aromatic nitrogens is 1. The molecule has 248 valence electrons. The Morgan fingerprint density at radius 3 is 2.17 bits per heavy atom. The van der Waals surface area contributed by atoms with E-state index >= 15 is 4.39 Å². The summed E-state index contributed by atoms with van der Waals surface area (Å²) in [5.74, 6) is -2.05. The van der Waals surface area contributed by atoms with E-state index < -0.39 is 28.9 Å². The summed E-state index contributed by atoms with van der Waals surface area (Å²) in [5, 5.41) is 0.576. The summed E-state index contributed by atoms with van der Waals surface area (Å²) in [6.45, 7) is 11.2. The van der Waals surface area contributed by atoms with Crippen molar-refractivity contribution in [3.05, 3.63) is 78.5 Å². The van der Waals surface area contributed by atoms with Gasteiger partial charge in [-0.25, -0.2) is 8.78 Å². The maximum atomic E-state index is 15.8. The van der Waals surface area contributed by atoms with Gasteiger partial charge in [0.05, 0.1) is 24.9 Å². The van der Waals surface area contributed by atoms with Crippen LogP contribution in [0.15, 0.2) is 66.9 Å². The molecule has 2 amide bonds. The average molecular weight is 647 g/mol. The number of hydrogen-bond donors (Lipinski definition) is 1. The van der Waals surface area contributed by atoms with E-state index in [2.05, 4.69) is 23.7 Å². The van der Waals surface area contributed by atoms with Crippen LogP contribution in [-0.2, 0) is 9.59 Å². The van der Waals surface area contributed by atoms with Crippen molar-refractivity contribution in [2.45, 2.75) is 34.1 Å². The first-order valence-electron chi connectivity index (χ1n) is 15.8. The van der Waals surface area contributed by atoms with Crippen molar-refractivity contribution in [1.82, 2.24) is 9.88 Å². The first-order chi connectivity index (χ1) is 22.6. The summed E-state index contributed by atoms with van der Waals surface area (Å²) in [6, 6.07) is 14.3. The second kappa shape index (κ2) is 13.9. The lowest BCUT2D eigenvalue weighted by atomic mass is 9.98. The highest BCUT2D eigenvalue weighted by Crippen LogP contribution is 2.60. The number of halogens is 2. The molecule has 2 atom stereocenters. The van der Waals surface area contributed by atoms with Crippen LogP contribution in [0.1, 0.15) is 34.1 Å². The number of primary amides is 1. The van der Waals surface area contributed by atoms with Gasteiger partial charge in [0.15, 0.2) is 23.1 Å². The van der Waals surface area contributed by atoms with Crippen molar-refractivity contribution in [2.24, 2.45) is 23.0 Å². The Kier molecular flexibility index (Phi) is 9.95. The third-order valence-corrected chi connectivity index (χ3v) is 9.28. The van der Waals surface area contributed by atoms with Crippen molar-refractivity contribution in [2.75, 3.05) is 38.3 Å². The molecule has 0 bridgehead atoms. The Hall–Kier alpha value is -4.77. The molecule has 2 N–H and O–H groups in total. The SMILES string of the molecule is CCN(CC)CCCOc1cc2nccc(Oc3ccc(N(C(=O)C4(C(N)=O)[C@H](C)[C@H]4C)c4ccc(F)cc4)cc3F)c2cc1OC. The number of amides is 2. The molecule has 1 aromatic heterocycles. The van der Waals surface area contributed by atoms with Crippen LogP contribution in [0.3, 0.4) is 0 Å². The van der Waals surface area contributed by atoms with Gasteiger partial charge in [-0.2, -0.15) is 0 Å². The van der Waals surface area contributed by atoms with Crippen molar-refractivity contribution >= 4 is 34.1 Å². The Morgan fingerprint density at radius 1 is 0.894 bits per heavy atom. The zero-order valence-corrected chi connectivity index (χ0v) is 27.3. The molecule has 47 heavy (non-hydrogen) atoms. The molecule has 1 saturated carbocycles. The molecular weight excluding hydrogens is 606 g/mol. The summed E-state index contributed by atoms with van der Waals surface area (Å²) >= 11 is 0. The predicted octanol–water partition coefficient (Wildman–Crippen LogP) is 6.85. The largest absolute Gasteiger partial charge is 0.493 e. The number of pyridine rings is 1. The number of fused-ring (bicyclic) bond motifs is 1. The van der Waals surface area contributed by atoms with Gasteiger partial charge in [0.2, 0.25) is 11.8 Å². The monoisotopic (exact) mass is 646 g/mol. The molecule has 5 rings (SSSR count). The van der Waals surface area contributed by atoms with Crippen molar-refractivity contribution in [3.63, 3.8) is 0 Å². The molecule has 1 aliphatic rings. The number of methoxy groups -OCH3 is 1. The first-order valence-corrected chi connectivity index (χ1v) is 15.8. The summed E-state index contributed by atoms with van der Waals surface area (Å²) in [6.07, 6.45) is 2.40. The third kappa shape index (κ3) is 6.44. The molecule has 9 nitrogen and oxygen atoms in total. The smallest absolute Gasteiger partial charge is 0.247 e. The molecule has 0 aliphatic heterocycles. The van der Waals surface area contributed by atoms with E-state index in [1.54, 1.807) is 45.4 Å². The van der Waals surface area contributed by atoms with Crippen LogP contribution in [0.5, 0.6) is 23.0 Å². The first kappa shape index (κ1) is 33.6. The van der Waals surface area contributed by atoms with Crippen molar-refractivity contribution in [1.29, 1.82) is 0 Å². The Bertz CT molecular complexity index is 1750. The molecule has 3 aromatic carbocycles. The highest BCUT2D eigenvalue weighted by atomic mass is 19.1. The summed E-state index contributed by atoms with van der Waals surface area (Å²) in [4.78, 5) is 34.5. The van der Waals surface area contributed by atoms with E-state index in [0.29, 0.717) is 34.8 Å². The van der Waals surface area contributed by atoms with E-state index in [0.717, 1.165) is 32.1 Å². The second-order valence-electron chi connectivity index (χ2n) is 11.7. The van der Waals surface area contributed by atoms with E-state index in [1.165, 1.54) is 41.3 Å². The van der Waals surface area contributed by atoms with E-state index in [4.69, 9.17) is 19.9 Å². The quantitative estimate of drug-likeness (QED) is 0.118. The second-order valence-corrected chi connectivity index (χ2v) is 11.7. The number of anilines is 2. The lowest BCUT2D eigenvalue weighted by Gasteiger charge is -2.27. The third-order valence-electron chi connectivity index (χ3n) is 9.28. The summed E-state index contributed by atoms with van der Waals surface area (Å²) in [7, 11) is 1.54. The van der Waals surface area contributed by atoms with Crippen LogP contribution < -0.4 is 24.8 Å². The van der Waals surface area contributed by atoms with Gasteiger partial charge in [0.25, 0.3) is 0 Å². The molecule has 1 fully saturated rings. The number of rotatable bonds is 14. The fourth-order valence-electron chi connectivity index (χ4n) is 6.21. The standard InChI is InChI=1S/C36H40F2N4O5/c1-6-41(7-2)17-8-18-46-33-21-29-27(20-32(33)45-5)30(15-16-40-29)47-31-14-13-26(19-28(31)38)42(25-11-9-24(37)10-12-25)35(44)36(34(39)43)22(3)23(36)4/h9-16,19-23H,6-8,17-18H2,1-5H3,(H2,39,43)/t22-,23-/m1/s1. The van der Waals surface area contributed by atoms with Gasteiger partial charge in [-0.3, -0.25) is 19.5 Å². The van der Waals surface area contributed by atoms with Crippen LogP contribution in [0.25, 0.3) is 10.9 Å². The Labute approximate surface area is 273 Å². The van der Waals surface area contributed by atoms with Gasteiger partial charge in [-0.1, -0.05) is 27.7 Å². The molecule has 1 aliphatic carbocycles. The minimum atomic E-state index is -1.47. The van der Waals surface area contributed by atoms with E-state index in [-0.39, 0.29) is 29.0 Å². The number of benzene rings is 3. The van der Waals surface area contributed by atoms with Gasteiger partial charge in [0, 0.05) is 35.9 Å². The van der Waals surface area contributed by atoms with Gasteiger partial charge >= 0.3 is 0 Å². The minimum absolute atomic E-state index is 0.110. The number of nitrogens with zero attached hydrogens (tertiary/aromatic N) is 3. The van der Waals surface area contributed by atoms with Crippen molar-refractivity contribution in [3.8, 4) is 23.0 Å². The Morgan fingerprint density at radius 2 is 1.57 bits per heavy atom. The van der Waals surface area contributed by atoms with Crippen LogP contribution in [0.2, 0.25) is 0 Å². The number of ether oxygens (including phenoxy) is 3. The van der Waals surface area contributed by atoms with Crippen LogP contribution in [0.4, 0.5) is 20.2 Å². The van der Waals surface area contributed by atoms with Crippen molar-refractivity contribution < 1.29 is 32.6 Å². The number of carbonyl (C=O) groups is 2. The van der Waals surface area contributed by atoms with Crippen LogP contribution in [-0.4, -0.2) is 55.0 Å². The maximum Gasteiger partial charge on any atom is 0.247 e. The fourth-order valence-corrected chi connectivity index (χ4v) is 6.21. The maximum absolute atomic E-state index is 15.8. The van der Waals surface area contributed by atoms with Crippen LogP contribution >= 0.6 is 0 Å². The predicted molar refractivity (Wildman–Crippen MR) is 176 cm³/mol. The number of hydrogen-bond acceptors (Lipinski definition) is 7. The van der Waals surface area contributed by atoms with E-state index in [9.17, 15) is 14.0 Å². The van der Waals surface area contributed by atoms with Gasteiger partial charge in [0.1, 0.15) is 17.0 Å². The highest BCUT2D eigenvalue weighted by Gasteiger charge is 2.70. The van der Waals surface area contributed by atoms with Gasteiger partial charge in [-0.05, 0) is 79.9 Å². The average Bonchev–Trinajstić information content (AvgIpc) is 3.63. The molecule has 11 heteroatoms. The molecule has 1 heterocycles. The Balaban J connectivity index is 1.43. The molecule has 4 aromatic rings.